The van der Waals surface area contributed by atoms with Gasteiger partial charge in [0.15, 0.2) is 0 Å². The van der Waals surface area contributed by atoms with Crippen LogP contribution in [0.1, 0.15) is 39.5 Å². The summed E-state index contributed by atoms with van der Waals surface area (Å²) >= 11 is 0. The van der Waals surface area contributed by atoms with E-state index in [1.165, 1.54) is 0 Å². The maximum absolute atomic E-state index is 12.3. The lowest BCUT2D eigenvalue weighted by molar-refractivity contribution is -0.133. The van der Waals surface area contributed by atoms with Crippen molar-refractivity contribution in [1.29, 1.82) is 0 Å². The van der Waals surface area contributed by atoms with Crippen molar-refractivity contribution in [3.63, 3.8) is 0 Å². The molecule has 3 N–H and O–H groups in total. The fraction of sp³-hybridized carbons (Fsp3) is 0.923. The summed E-state index contributed by atoms with van der Waals surface area (Å²) in [7, 11) is 0. The fourth-order valence-electron chi connectivity index (χ4n) is 2.49. The lowest BCUT2D eigenvalue weighted by atomic mass is 9.74. The highest BCUT2D eigenvalue weighted by Gasteiger charge is 2.38. The van der Waals surface area contributed by atoms with Gasteiger partial charge in [-0.2, -0.15) is 0 Å². The van der Waals surface area contributed by atoms with Crippen LogP contribution in [0.15, 0.2) is 0 Å². The van der Waals surface area contributed by atoms with E-state index in [4.69, 9.17) is 5.11 Å². The topological polar surface area (TPSA) is 61.4 Å². The molecule has 1 amide bonds. The molecule has 0 saturated carbocycles. The highest BCUT2D eigenvalue weighted by atomic mass is 16.3. The predicted octanol–water partition coefficient (Wildman–Crippen LogP) is 0.901. The first kappa shape index (κ1) is 14.5. The molecule has 0 aromatic heterocycles. The zero-order valence-corrected chi connectivity index (χ0v) is 11.1. The molecule has 4 heteroatoms. The van der Waals surface area contributed by atoms with E-state index >= 15 is 0 Å². The van der Waals surface area contributed by atoms with Crippen LogP contribution in [0.3, 0.4) is 0 Å². The standard InChI is InChI=1S/C13H26N2O2/c1-3-4-13(5-7-14-8-6-13)12(17)15-9-11(2)10-16/h11,14,16H,3-10H2,1-2H3,(H,15,17). The van der Waals surface area contributed by atoms with Crippen molar-refractivity contribution >= 4 is 5.91 Å². The molecule has 0 radical (unpaired) electrons. The highest BCUT2D eigenvalue weighted by molar-refractivity contribution is 5.82. The van der Waals surface area contributed by atoms with Gasteiger partial charge in [0, 0.05) is 13.2 Å². The van der Waals surface area contributed by atoms with Gasteiger partial charge in [-0.15, -0.1) is 0 Å². The molecule has 0 aromatic rings. The molecular weight excluding hydrogens is 216 g/mol. The minimum atomic E-state index is -0.171. The Kier molecular flexibility index (Phi) is 5.92. The molecule has 0 spiro atoms. The first-order chi connectivity index (χ1) is 8.14. The Bertz CT molecular complexity index is 232. The maximum atomic E-state index is 12.3. The zero-order valence-electron chi connectivity index (χ0n) is 11.1. The molecule has 1 aliphatic heterocycles. The second kappa shape index (κ2) is 6.97. The summed E-state index contributed by atoms with van der Waals surface area (Å²) in [6.07, 6.45) is 3.87. The van der Waals surface area contributed by atoms with Crippen molar-refractivity contribution in [2.75, 3.05) is 26.2 Å². The van der Waals surface area contributed by atoms with E-state index in [-0.39, 0.29) is 23.8 Å². The molecule has 1 fully saturated rings. The Hall–Kier alpha value is -0.610. The number of aliphatic hydroxyl groups excluding tert-OH is 1. The van der Waals surface area contributed by atoms with Gasteiger partial charge < -0.3 is 15.7 Å². The Morgan fingerprint density at radius 3 is 2.65 bits per heavy atom. The highest BCUT2D eigenvalue weighted by Crippen LogP contribution is 2.34. The number of amides is 1. The molecule has 1 unspecified atom stereocenters. The number of aliphatic hydroxyl groups is 1. The summed E-state index contributed by atoms with van der Waals surface area (Å²) in [5.74, 6) is 0.320. The van der Waals surface area contributed by atoms with Gasteiger partial charge in [-0.25, -0.2) is 0 Å². The second-order valence-electron chi connectivity index (χ2n) is 5.28. The van der Waals surface area contributed by atoms with Crippen LogP contribution in [0.4, 0.5) is 0 Å². The van der Waals surface area contributed by atoms with Crippen molar-refractivity contribution in [2.24, 2.45) is 11.3 Å². The van der Waals surface area contributed by atoms with E-state index in [2.05, 4.69) is 17.6 Å². The largest absolute Gasteiger partial charge is 0.396 e. The third-order valence-corrected chi connectivity index (χ3v) is 3.69. The summed E-state index contributed by atoms with van der Waals surface area (Å²) in [6.45, 7) is 6.64. The van der Waals surface area contributed by atoms with Crippen LogP contribution in [-0.4, -0.2) is 37.3 Å². The van der Waals surface area contributed by atoms with E-state index in [9.17, 15) is 4.79 Å². The number of nitrogens with one attached hydrogen (secondary N) is 2. The van der Waals surface area contributed by atoms with E-state index in [1.807, 2.05) is 6.92 Å². The SMILES string of the molecule is CCCC1(C(=O)NCC(C)CO)CCNCC1. The van der Waals surface area contributed by atoms with Crippen molar-refractivity contribution in [3.05, 3.63) is 0 Å². The molecule has 1 rings (SSSR count). The molecule has 17 heavy (non-hydrogen) atoms. The second-order valence-corrected chi connectivity index (χ2v) is 5.28. The number of carbonyl (C=O) groups excluding carboxylic acids is 1. The molecule has 1 aliphatic rings. The Labute approximate surface area is 104 Å². The molecule has 1 heterocycles. The Morgan fingerprint density at radius 1 is 1.47 bits per heavy atom. The van der Waals surface area contributed by atoms with Gasteiger partial charge in [0.2, 0.25) is 5.91 Å². The Morgan fingerprint density at radius 2 is 2.12 bits per heavy atom. The Balaban J connectivity index is 2.53. The van der Waals surface area contributed by atoms with Crippen LogP contribution in [0.5, 0.6) is 0 Å². The zero-order chi connectivity index (χ0) is 12.7. The maximum Gasteiger partial charge on any atom is 0.226 e. The third-order valence-electron chi connectivity index (χ3n) is 3.69. The molecule has 1 saturated heterocycles. The number of rotatable bonds is 6. The van der Waals surface area contributed by atoms with Crippen LogP contribution < -0.4 is 10.6 Å². The number of carbonyl (C=O) groups is 1. The molecule has 1 atom stereocenters. The lowest BCUT2D eigenvalue weighted by Gasteiger charge is -2.36. The molecule has 0 bridgehead atoms. The molecular formula is C13H26N2O2. The average molecular weight is 242 g/mol. The summed E-state index contributed by atoms with van der Waals surface area (Å²) in [6, 6.07) is 0. The summed E-state index contributed by atoms with van der Waals surface area (Å²) in [5.41, 5.74) is -0.171. The summed E-state index contributed by atoms with van der Waals surface area (Å²) < 4.78 is 0. The van der Waals surface area contributed by atoms with Crippen molar-refractivity contribution in [2.45, 2.75) is 39.5 Å². The van der Waals surface area contributed by atoms with E-state index in [0.29, 0.717) is 6.54 Å². The van der Waals surface area contributed by atoms with Crippen LogP contribution in [0.25, 0.3) is 0 Å². The molecule has 100 valence electrons. The minimum absolute atomic E-state index is 0.128. The number of hydrogen-bond acceptors (Lipinski definition) is 3. The van der Waals surface area contributed by atoms with Crippen LogP contribution in [0, 0.1) is 11.3 Å². The van der Waals surface area contributed by atoms with Crippen molar-refractivity contribution in [1.82, 2.24) is 10.6 Å². The van der Waals surface area contributed by atoms with Gasteiger partial charge in [0.05, 0.1) is 5.41 Å². The monoisotopic (exact) mass is 242 g/mol. The first-order valence-corrected chi connectivity index (χ1v) is 6.74. The van der Waals surface area contributed by atoms with E-state index in [0.717, 1.165) is 38.8 Å². The molecule has 4 nitrogen and oxygen atoms in total. The minimum Gasteiger partial charge on any atom is -0.396 e. The predicted molar refractivity (Wildman–Crippen MR) is 68.7 cm³/mol. The summed E-state index contributed by atoms with van der Waals surface area (Å²) in [4.78, 5) is 12.3. The quantitative estimate of drug-likeness (QED) is 0.648. The first-order valence-electron chi connectivity index (χ1n) is 6.74. The number of hydrogen-bond donors (Lipinski definition) is 3. The van der Waals surface area contributed by atoms with Crippen LogP contribution >= 0.6 is 0 Å². The molecule has 0 aromatic carbocycles. The summed E-state index contributed by atoms with van der Waals surface area (Å²) in [5, 5.41) is 15.3. The van der Waals surface area contributed by atoms with Gasteiger partial charge in [0.1, 0.15) is 0 Å². The van der Waals surface area contributed by atoms with Crippen molar-refractivity contribution in [3.8, 4) is 0 Å². The van der Waals surface area contributed by atoms with Crippen LogP contribution in [0.2, 0.25) is 0 Å². The van der Waals surface area contributed by atoms with Crippen LogP contribution in [-0.2, 0) is 4.79 Å². The fourth-order valence-corrected chi connectivity index (χ4v) is 2.49. The van der Waals surface area contributed by atoms with Gasteiger partial charge in [-0.3, -0.25) is 4.79 Å². The number of piperidine rings is 1. The average Bonchev–Trinajstić information content (AvgIpc) is 2.36. The third kappa shape index (κ3) is 3.96. The van der Waals surface area contributed by atoms with Gasteiger partial charge >= 0.3 is 0 Å². The molecule has 0 aliphatic carbocycles. The van der Waals surface area contributed by atoms with E-state index in [1.54, 1.807) is 0 Å². The lowest BCUT2D eigenvalue weighted by Crippen LogP contribution is -2.48. The smallest absolute Gasteiger partial charge is 0.226 e. The van der Waals surface area contributed by atoms with Crippen molar-refractivity contribution < 1.29 is 9.90 Å². The van der Waals surface area contributed by atoms with Gasteiger partial charge in [-0.1, -0.05) is 20.3 Å². The normalized spacial score (nSPS) is 20.9. The van der Waals surface area contributed by atoms with Gasteiger partial charge in [0.25, 0.3) is 0 Å². The van der Waals surface area contributed by atoms with E-state index < -0.39 is 0 Å². The van der Waals surface area contributed by atoms with Gasteiger partial charge in [-0.05, 0) is 38.3 Å².